The number of benzene rings is 1. The topological polar surface area (TPSA) is 52.6 Å². The molecule has 4 heteroatoms. The van der Waals surface area contributed by atoms with Crippen molar-refractivity contribution in [2.75, 3.05) is 13.7 Å². The first kappa shape index (κ1) is 17.2. The summed E-state index contributed by atoms with van der Waals surface area (Å²) >= 11 is 0. The van der Waals surface area contributed by atoms with Crippen molar-refractivity contribution in [1.82, 2.24) is 0 Å². The average molecular weight is 292 g/mol. The van der Waals surface area contributed by atoms with E-state index in [4.69, 9.17) is 4.74 Å². The van der Waals surface area contributed by atoms with Crippen LogP contribution in [-0.2, 0) is 14.3 Å². The van der Waals surface area contributed by atoms with Gasteiger partial charge in [0.05, 0.1) is 19.3 Å². The second-order valence-corrected chi connectivity index (χ2v) is 4.95. The molecule has 1 aromatic carbocycles. The highest BCUT2D eigenvalue weighted by Gasteiger charge is 2.05. The van der Waals surface area contributed by atoms with Gasteiger partial charge in [-0.1, -0.05) is 43.9 Å². The first-order valence-electron chi connectivity index (χ1n) is 7.53. The maximum absolute atomic E-state index is 11.6. The Balaban J connectivity index is 1.93. The van der Waals surface area contributed by atoms with Crippen LogP contribution in [0.4, 0.5) is 0 Å². The highest BCUT2D eigenvalue weighted by molar-refractivity contribution is 5.89. The Kier molecular flexibility index (Phi) is 8.93. The molecule has 4 nitrogen and oxygen atoms in total. The predicted octanol–water partition coefficient (Wildman–Crippen LogP) is 3.75. The fraction of sp³-hybridized carbons (Fsp3) is 0.529. The summed E-state index contributed by atoms with van der Waals surface area (Å²) in [7, 11) is 1.42. The van der Waals surface area contributed by atoms with E-state index in [1.807, 2.05) is 18.2 Å². The van der Waals surface area contributed by atoms with Crippen LogP contribution in [0.5, 0.6) is 0 Å². The second kappa shape index (κ2) is 10.9. The molecule has 0 amide bonds. The van der Waals surface area contributed by atoms with Crippen LogP contribution < -0.4 is 0 Å². The lowest BCUT2D eigenvalue weighted by molar-refractivity contribution is -0.140. The molecule has 0 fully saturated rings. The first-order chi connectivity index (χ1) is 10.2. The number of rotatable bonds is 10. The van der Waals surface area contributed by atoms with Crippen LogP contribution in [0, 0.1) is 0 Å². The lowest BCUT2D eigenvalue weighted by Crippen LogP contribution is -2.06. The maximum Gasteiger partial charge on any atom is 0.338 e. The molecule has 21 heavy (non-hydrogen) atoms. The van der Waals surface area contributed by atoms with Crippen molar-refractivity contribution in [1.29, 1.82) is 0 Å². The molecule has 0 saturated carbocycles. The molecule has 0 aliphatic carbocycles. The predicted molar refractivity (Wildman–Crippen MR) is 81.1 cm³/mol. The molecule has 0 aliphatic rings. The van der Waals surface area contributed by atoms with E-state index in [-0.39, 0.29) is 11.9 Å². The molecule has 116 valence electrons. The third-order valence-corrected chi connectivity index (χ3v) is 3.25. The third-order valence-electron chi connectivity index (χ3n) is 3.25. The highest BCUT2D eigenvalue weighted by atomic mass is 16.5. The summed E-state index contributed by atoms with van der Waals surface area (Å²) in [5.74, 6) is -0.392. The minimum Gasteiger partial charge on any atom is -0.469 e. The molecular formula is C17H24O4. The molecule has 1 aromatic rings. The van der Waals surface area contributed by atoms with Gasteiger partial charge in [0, 0.05) is 6.42 Å². The Labute approximate surface area is 126 Å². The lowest BCUT2D eigenvalue weighted by Gasteiger charge is -2.05. The number of hydrogen-bond acceptors (Lipinski definition) is 4. The van der Waals surface area contributed by atoms with Crippen molar-refractivity contribution in [3.63, 3.8) is 0 Å². The van der Waals surface area contributed by atoms with Gasteiger partial charge in [0.15, 0.2) is 0 Å². The Morgan fingerprint density at radius 2 is 1.52 bits per heavy atom. The van der Waals surface area contributed by atoms with Crippen LogP contribution in [0.15, 0.2) is 30.3 Å². The summed E-state index contributed by atoms with van der Waals surface area (Å²) in [6, 6.07) is 9.03. The summed E-state index contributed by atoms with van der Waals surface area (Å²) < 4.78 is 9.78. The molecule has 0 spiro atoms. The van der Waals surface area contributed by atoms with Crippen molar-refractivity contribution in [2.24, 2.45) is 0 Å². The van der Waals surface area contributed by atoms with Crippen LogP contribution in [-0.4, -0.2) is 25.7 Å². The minimum absolute atomic E-state index is 0.136. The number of esters is 2. The molecule has 0 radical (unpaired) electrons. The Morgan fingerprint density at radius 3 is 2.19 bits per heavy atom. The number of carbonyl (C=O) groups excluding carboxylic acids is 2. The Hall–Kier alpha value is -1.84. The van der Waals surface area contributed by atoms with Gasteiger partial charge in [-0.25, -0.2) is 4.79 Å². The van der Waals surface area contributed by atoms with Crippen LogP contribution in [0.25, 0.3) is 0 Å². The molecule has 0 atom stereocenters. The molecule has 1 rings (SSSR count). The molecular weight excluding hydrogens is 268 g/mol. The van der Waals surface area contributed by atoms with Crippen molar-refractivity contribution in [3.8, 4) is 0 Å². The number of carbonyl (C=O) groups is 2. The van der Waals surface area contributed by atoms with E-state index in [1.165, 1.54) is 7.11 Å². The monoisotopic (exact) mass is 292 g/mol. The van der Waals surface area contributed by atoms with Crippen molar-refractivity contribution in [3.05, 3.63) is 35.9 Å². The lowest BCUT2D eigenvalue weighted by atomic mass is 10.1. The van der Waals surface area contributed by atoms with Gasteiger partial charge in [-0.15, -0.1) is 0 Å². The normalized spacial score (nSPS) is 10.1. The van der Waals surface area contributed by atoms with Gasteiger partial charge in [0.2, 0.25) is 0 Å². The smallest absolute Gasteiger partial charge is 0.338 e. The Morgan fingerprint density at radius 1 is 0.905 bits per heavy atom. The fourth-order valence-corrected chi connectivity index (χ4v) is 2.00. The zero-order valence-corrected chi connectivity index (χ0v) is 12.7. The first-order valence-corrected chi connectivity index (χ1v) is 7.53. The maximum atomic E-state index is 11.6. The van der Waals surface area contributed by atoms with Crippen LogP contribution in [0.3, 0.4) is 0 Å². The Bertz CT molecular complexity index is 414. The molecule has 0 heterocycles. The van der Waals surface area contributed by atoms with E-state index in [9.17, 15) is 9.59 Å². The van der Waals surface area contributed by atoms with Crippen molar-refractivity contribution in [2.45, 2.75) is 44.9 Å². The van der Waals surface area contributed by atoms with Crippen molar-refractivity contribution < 1.29 is 19.1 Å². The van der Waals surface area contributed by atoms with Gasteiger partial charge < -0.3 is 9.47 Å². The van der Waals surface area contributed by atoms with E-state index in [0.29, 0.717) is 18.6 Å². The zero-order valence-electron chi connectivity index (χ0n) is 12.7. The van der Waals surface area contributed by atoms with Gasteiger partial charge in [-0.3, -0.25) is 4.79 Å². The van der Waals surface area contributed by atoms with E-state index in [0.717, 1.165) is 38.5 Å². The van der Waals surface area contributed by atoms with Crippen LogP contribution >= 0.6 is 0 Å². The molecule has 0 bridgehead atoms. The van der Waals surface area contributed by atoms with Gasteiger partial charge in [-0.2, -0.15) is 0 Å². The summed E-state index contributed by atoms with van der Waals surface area (Å²) in [5.41, 5.74) is 0.598. The van der Waals surface area contributed by atoms with E-state index < -0.39 is 0 Å². The zero-order chi connectivity index (χ0) is 15.3. The van der Waals surface area contributed by atoms with E-state index in [1.54, 1.807) is 12.1 Å². The number of hydrogen-bond donors (Lipinski definition) is 0. The van der Waals surface area contributed by atoms with E-state index in [2.05, 4.69) is 4.74 Å². The quantitative estimate of drug-likeness (QED) is 0.487. The molecule has 0 aromatic heterocycles. The van der Waals surface area contributed by atoms with Crippen molar-refractivity contribution >= 4 is 11.9 Å². The minimum atomic E-state index is -0.256. The van der Waals surface area contributed by atoms with Crippen LogP contribution in [0.2, 0.25) is 0 Å². The molecule has 0 unspecified atom stereocenters. The summed E-state index contributed by atoms with van der Waals surface area (Å²) in [6.07, 6.45) is 6.56. The molecule has 0 N–H and O–H groups in total. The number of methoxy groups -OCH3 is 1. The SMILES string of the molecule is COC(=O)CCCCCCCCOC(=O)c1ccccc1. The highest BCUT2D eigenvalue weighted by Crippen LogP contribution is 2.08. The van der Waals surface area contributed by atoms with E-state index >= 15 is 0 Å². The standard InChI is InChI=1S/C17H24O4/c1-20-16(18)13-9-4-2-3-5-10-14-21-17(19)15-11-7-6-8-12-15/h6-8,11-12H,2-5,9-10,13-14H2,1H3. The van der Waals surface area contributed by atoms with Gasteiger partial charge in [0.1, 0.15) is 0 Å². The van der Waals surface area contributed by atoms with Gasteiger partial charge in [0.25, 0.3) is 0 Å². The average Bonchev–Trinajstić information content (AvgIpc) is 2.53. The van der Waals surface area contributed by atoms with Gasteiger partial charge in [-0.05, 0) is 25.0 Å². The van der Waals surface area contributed by atoms with Crippen LogP contribution in [0.1, 0.15) is 55.3 Å². The number of ether oxygens (including phenoxy) is 2. The van der Waals surface area contributed by atoms with Gasteiger partial charge >= 0.3 is 11.9 Å². The number of unbranched alkanes of at least 4 members (excludes halogenated alkanes) is 5. The second-order valence-electron chi connectivity index (χ2n) is 4.95. The third kappa shape index (κ3) is 8.12. The molecule has 0 saturated heterocycles. The fourth-order valence-electron chi connectivity index (χ4n) is 2.00. The summed E-state index contributed by atoms with van der Waals surface area (Å²) in [5, 5.41) is 0. The summed E-state index contributed by atoms with van der Waals surface area (Å²) in [6.45, 7) is 0.468. The molecule has 0 aliphatic heterocycles. The largest absolute Gasteiger partial charge is 0.469 e. The summed E-state index contributed by atoms with van der Waals surface area (Å²) in [4.78, 5) is 22.5.